The van der Waals surface area contributed by atoms with Crippen LogP contribution in [-0.2, 0) is 17.9 Å². The molecule has 0 heterocycles. The summed E-state index contributed by atoms with van der Waals surface area (Å²) in [6, 6.07) is 14.5. The molecule has 0 fully saturated rings. The van der Waals surface area contributed by atoms with E-state index < -0.39 is 0 Å². The number of hydrogen-bond donors (Lipinski definition) is 2. The van der Waals surface area contributed by atoms with E-state index in [4.69, 9.17) is 10.5 Å². The zero-order valence-corrected chi connectivity index (χ0v) is 16.8. The summed E-state index contributed by atoms with van der Waals surface area (Å²) in [5, 5.41) is 3.14. The van der Waals surface area contributed by atoms with Crippen molar-refractivity contribution in [2.75, 3.05) is 11.9 Å². The van der Waals surface area contributed by atoms with Gasteiger partial charge in [-0.1, -0.05) is 30.3 Å². The third-order valence-corrected chi connectivity index (χ3v) is 3.42. The number of nitrogens with zero attached hydrogens (tertiary/aromatic N) is 1. The maximum absolute atomic E-state index is 5.97. The summed E-state index contributed by atoms with van der Waals surface area (Å²) >= 11 is 0. The number of halogens is 1. The molecule has 2 aromatic rings. The van der Waals surface area contributed by atoms with Gasteiger partial charge in [0.1, 0.15) is 0 Å². The van der Waals surface area contributed by atoms with Gasteiger partial charge < -0.3 is 15.8 Å². The zero-order valence-electron chi connectivity index (χ0n) is 14.5. The van der Waals surface area contributed by atoms with Crippen molar-refractivity contribution < 1.29 is 4.74 Å². The highest BCUT2D eigenvalue weighted by Gasteiger charge is 1.99. The summed E-state index contributed by atoms with van der Waals surface area (Å²) in [6.45, 7) is 8.06. The van der Waals surface area contributed by atoms with E-state index in [0.717, 1.165) is 17.9 Å². The molecule has 0 saturated carbocycles. The minimum Gasteiger partial charge on any atom is -0.377 e. The van der Waals surface area contributed by atoms with Crippen molar-refractivity contribution in [1.29, 1.82) is 0 Å². The van der Waals surface area contributed by atoms with Crippen LogP contribution in [-0.4, -0.2) is 12.6 Å². The Morgan fingerprint density at radius 2 is 1.62 bits per heavy atom. The molecule has 0 spiro atoms. The average molecular weight is 439 g/mol. The van der Waals surface area contributed by atoms with E-state index in [9.17, 15) is 0 Å². The molecule has 0 bridgehead atoms. The molecule has 4 nitrogen and oxygen atoms in total. The van der Waals surface area contributed by atoms with Gasteiger partial charge in [-0.2, -0.15) is 0 Å². The van der Waals surface area contributed by atoms with Crippen LogP contribution in [0.1, 0.15) is 29.2 Å². The van der Waals surface area contributed by atoms with Crippen molar-refractivity contribution in [2.45, 2.75) is 33.9 Å². The topological polar surface area (TPSA) is 59.6 Å². The van der Waals surface area contributed by atoms with Crippen molar-refractivity contribution in [3.8, 4) is 0 Å². The van der Waals surface area contributed by atoms with Crippen molar-refractivity contribution in [3.63, 3.8) is 0 Å². The smallest absolute Gasteiger partial charge is 0.193 e. The number of aliphatic imine (C=N–C) groups is 1. The molecular formula is C19H26IN3O. The normalized spacial score (nSPS) is 11.0. The van der Waals surface area contributed by atoms with Crippen LogP contribution in [0.4, 0.5) is 5.69 Å². The van der Waals surface area contributed by atoms with E-state index in [1.165, 1.54) is 16.7 Å². The second-order valence-electron chi connectivity index (χ2n) is 5.66. The molecule has 2 rings (SSSR count). The number of benzene rings is 2. The lowest BCUT2D eigenvalue weighted by Gasteiger charge is -2.08. The Kier molecular flexibility index (Phi) is 8.78. The van der Waals surface area contributed by atoms with E-state index in [2.05, 4.69) is 66.6 Å². The molecule has 2 aromatic carbocycles. The molecule has 130 valence electrons. The molecule has 0 saturated heterocycles. The van der Waals surface area contributed by atoms with Gasteiger partial charge in [0, 0.05) is 12.3 Å². The lowest BCUT2D eigenvalue weighted by molar-refractivity contribution is 0.134. The summed E-state index contributed by atoms with van der Waals surface area (Å²) in [5.41, 5.74) is 11.6. The fourth-order valence-corrected chi connectivity index (χ4v) is 2.37. The fourth-order valence-electron chi connectivity index (χ4n) is 2.37. The molecular weight excluding hydrogens is 413 g/mol. The Labute approximate surface area is 161 Å². The van der Waals surface area contributed by atoms with E-state index in [1.807, 2.05) is 6.92 Å². The molecule has 24 heavy (non-hydrogen) atoms. The molecule has 5 heteroatoms. The molecule has 0 aliphatic rings. The van der Waals surface area contributed by atoms with Gasteiger partial charge in [-0.3, -0.25) is 0 Å². The summed E-state index contributed by atoms with van der Waals surface area (Å²) in [5.74, 6) is 0.424. The van der Waals surface area contributed by atoms with E-state index in [1.54, 1.807) is 0 Å². The number of nitrogens with one attached hydrogen (secondary N) is 1. The van der Waals surface area contributed by atoms with Gasteiger partial charge in [-0.25, -0.2) is 4.99 Å². The standard InChI is InChI=1S/C19H25N3O.HI/c1-4-23-13-17-7-5-16(6-8-17)12-21-19(20)22-18-10-14(2)9-15(3)11-18;/h5-11H,4,12-13H2,1-3H3,(H3,20,21,22);1H. The Hall–Kier alpha value is -1.60. The molecule has 0 aromatic heterocycles. The molecule has 0 atom stereocenters. The van der Waals surface area contributed by atoms with Crippen LogP contribution in [0.15, 0.2) is 47.5 Å². The Morgan fingerprint density at radius 1 is 1.04 bits per heavy atom. The van der Waals surface area contributed by atoms with Gasteiger partial charge in [0.25, 0.3) is 0 Å². The Balaban J connectivity index is 0.00000288. The molecule has 0 unspecified atom stereocenters. The number of rotatable bonds is 6. The van der Waals surface area contributed by atoms with Gasteiger partial charge in [0.2, 0.25) is 0 Å². The predicted molar refractivity (Wildman–Crippen MR) is 112 cm³/mol. The predicted octanol–water partition coefficient (Wildman–Crippen LogP) is 4.38. The molecule has 0 aliphatic heterocycles. The van der Waals surface area contributed by atoms with Gasteiger partial charge in [-0.05, 0) is 55.2 Å². The largest absolute Gasteiger partial charge is 0.377 e. The number of anilines is 1. The van der Waals surface area contributed by atoms with Gasteiger partial charge in [-0.15, -0.1) is 24.0 Å². The average Bonchev–Trinajstić information content (AvgIpc) is 2.51. The first-order chi connectivity index (χ1) is 11.1. The van der Waals surface area contributed by atoms with E-state index in [0.29, 0.717) is 19.1 Å². The summed E-state index contributed by atoms with van der Waals surface area (Å²) in [4.78, 5) is 4.39. The Morgan fingerprint density at radius 3 is 2.21 bits per heavy atom. The Bertz CT molecular complexity index is 649. The maximum atomic E-state index is 5.97. The minimum absolute atomic E-state index is 0. The molecule has 0 radical (unpaired) electrons. The summed E-state index contributed by atoms with van der Waals surface area (Å²) in [6.07, 6.45) is 0. The highest BCUT2D eigenvalue weighted by atomic mass is 127. The minimum atomic E-state index is 0. The van der Waals surface area contributed by atoms with Crippen LogP contribution < -0.4 is 11.1 Å². The number of aryl methyl sites for hydroxylation is 2. The van der Waals surface area contributed by atoms with E-state index >= 15 is 0 Å². The quantitative estimate of drug-likeness (QED) is 0.399. The highest BCUT2D eigenvalue weighted by Crippen LogP contribution is 2.13. The second-order valence-corrected chi connectivity index (χ2v) is 5.66. The second kappa shape index (κ2) is 10.3. The van der Waals surface area contributed by atoms with Crippen LogP contribution in [0, 0.1) is 13.8 Å². The first-order valence-electron chi connectivity index (χ1n) is 7.87. The van der Waals surface area contributed by atoms with Crippen molar-refractivity contribution in [3.05, 3.63) is 64.7 Å². The molecule has 3 N–H and O–H groups in total. The van der Waals surface area contributed by atoms with Gasteiger partial charge >= 0.3 is 0 Å². The first kappa shape index (κ1) is 20.4. The number of ether oxygens (including phenoxy) is 1. The van der Waals surface area contributed by atoms with Crippen LogP contribution in [0.3, 0.4) is 0 Å². The summed E-state index contributed by atoms with van der Waals surface area (Å²) in [7, 11) is 0. The van der Waals surface area contributed by atoms with Crippen LogP contribution in [0.25, 0.3) is 0 Å². The van der Waals surface area contributed by atoms with Gasteiger partial charge in [0.05, 0.1) is 13.2 Å². The third-order valence-electron chi connectivity index (χ3n) is 3.42. The van der Waals surface area contributed by atoms with Crippen LogP contribution >= 0.6 is 24.0 Å². The van der Waals surface area contributed by atoms with E-state index in [-0.39, 0.29) is 24.0 Å². The van der Waals surface area contributed by atoms with Crippen LogP contribution in [0.5, 0.6) is 0 Å². The maximum Gasteiger partial charge on any atom is 0.193 e. The highest BCUT2D eigenvalue weighted by molar-refractivity contribution is 14.0. The third kappa shape index (κ3) is 6.88. The van der Waals surface area contributed by atoms with Crippen molar-refractivity contribution in [1.82, 2.24) is 0 Å². The lowest BCUT2D eigenvalue weighted by atomic mass is 10.1. The zero-order chi connectivity index (χ0) is 16.7. The number of guanidine groups is 1. The molecule has 0 amide bonds. The first-order valence-corrected chi connectivity index (χ1v) is 7.87. The SMILES string of the molecule is CCOCc1ccc(CN=C(N)Nc2cc(C)cc(C)c2)cc1.I. The fraction of sp³-hybridized carbons (Fsp3) is 0.316. The van der Waals surface area contributed by atoms with Gasteiger partial charge in [0.15, 0.2) is 5.96 Å². The summed E-state index contributed by atoms with van der Waals surface area (Å²) < 4.78 is 5.39. The lowest BCUT2D eigenvalue weighted by Crippen LogP contribution is -2.22. The monoisotopic (exact) mass is 439 g/mol. The van der Waals surface area contributed by atoms with Crippen molar-refractivity contribution in [2.24, 2.45) is 10.7 Å². The van der Waals surface area contributed by atoms with Crippen molar-refractivity contribution >= 4 is 35.6 Å². The number of nitrogens with two attached hydrogens (primary N) is 1. The van der Waals surface area contributed by atoms with Crippen LogP contribution in [0.2, 0.25) is 0 Å². The number of hydrogen-bond acceptors (Lipinski definition) is 2. The molecule has 0 aliphatic carbocycles.